The van der Waals surface area contributed by atoms with E-state index in [1.165, 1.54) is 23.5 Å². The van der Waals surface area contributed by atoms with Gasteiger partial charge in [0.25, 0.3) is 27.8 Å². The van der Waals surface area contributed by atoms with Gasteiger partial charge in [-0.1, -0.05) is 84.3 Å². The predicted octanol–water partition coefficient (Wildman–Crippen LogP) is 4.05. The molecule has 0 radical (unpaired) electrons. The molecule has 0 saturated heterocycles. The molecule has 12 heteroatoms. The number of amides is 2. The molecular formula is C31H30N6O4S2. The van der Waals surface area contributed by atoms with Crippen LogP contribution in [0.1, 0.15) is 44.4 Å². The molecular weight excluding hydrogens is 585 g/mol. The van der Waals surface area contributed by atoms with Crippen LogP contribution in [-0.2, 0) is 14.8 Å². The summed E-state index contributed by atoms with van der Waals surface area (Å²) in [4.78, 5) is 34.8. The molecule has 5 N–H and O–H groups in total. The molecule has 3 aromatic carbocycles. The summed E-state index contributed by atoms with van der Waals surface area (Å²) in [6.07, 6.45) is 0.357. The second-order valence-electron chi connectivity index (χ2n) is 9.40. The van der Waals surface area contributed by atoms with Gasteiger partial charge >= 0.3 is 0 Å². The zero-order valence-corrected chi connectivity index (χ0v) is 24.6. The van der Waals surface area contributed by atoms with Gasteiger partial charge in [0.2, 0.25) is 0 Å². The van der Waals surface area contributed by atoms with Gasteiger partial charge in [-0.05, 0) is 48.2 Å². The number of benzene rings is 3. The molecule has 0 fully saturated rings. The van der Waals surface area contributed by atoms with Crippen molar-refractivity contribution >= 4 is 39.1 Å². The number of hydrogen-bond acceptors (Lipinski definition) is 6. The summed E-state index contributed by atoms with van der Waals surface area (Å²) in [6, 6.07) is 29.8. The monoisotopic (exact) mass is 614 g/mol. The first kappa shape index (κ1) is 31.0. The Balaban J connectivity index is 1.54. The Hall–Kier alpha value is -4.99. The number of nitrogens with one attached hydrogen (secondary N) is 3. The van der Waals surface area contributed by atoms with Gasteiger partial charge in [0.15, 0.2) is 0 Å². The highest BCUT2D eigenvalue weighted by Gasteiger charge is 2.27. The fourth-order valence-corrected chi connectivity index (χ4v) is 6.50. The number of nitrogens with two attached hydrogens (primary N) is 1. The number of nitrogens with zero attached hydrogens (tertiary/aromatic N) is 2. The highest BCUT2D eigenvalue weighted by molar-refractivity contribution is 7.90. The van der Waals surface area contributed by atoms with Crippen molar-refractivity contribution in [3.8, 4) is 0 Å². The molecule has 4 rings (SSSR count). The highest BCUT2D eigenvalue weighted by atomic mass is 32.2. The Bertz CT molecular complexity index is 1660. The molecule has 0 aliphatic heterocycles. The number of carbonyl (C=O) groups is 2. The summed E-state index contributed by atoms with van der Waals surface area (Å²) in [5, 5.41) is 2.70. The number of sulfonamides is 1. The molecule has 1 heterocycles. The van der Waals surface area contributed by atoms with Crippen LogP contribution in [0.15, 0.2) is 113 Å². The van der Waals surface area contributed by atoms with Crippen molar-refractivity contribution in [1.29, 1.82) is 0 Å². The molecule has 4 aromatic rings. The van der Waals surface area contributed by atoms with Gasteiger partial charge in [-0.3, -0.25) is 9.59 Å². The minimum atomic E-state index is -4.16. The minimum absolute atomic E-state index is 0.0750. The largest absolute Gasteiger partial charge is 0.365 e. The summed E-state index contributed by atoms with van der Waals surface area (Å²) < 4.78 is 27.7. The molecule has 2 amide bonds. The number of aliphatic imine (C=N–C) groups is 1. The van der Waals surface area contributed by atoms with Crippen LogP contribution in [0.2, 0.25) is 0 Å². The fraction of sp³-hybridized carbons (Fsp3) is 0.161. The third kappa shape index (κ3) is 8.51. The number of carbonyl (C=O) groups excluding carboxylic acids is 2. The molecule has 0 spiro atoms. The molecule has 220 valence electrons. The summed E-state index contributed by atoms with van der Waals surface area (Å²) >= 11 is 1.30. The summed E-state index contributed by atoms with van der Waals surface area (Å²) in [5.41, 5.74) is 9.90. The molecule has 43 heavy (non-hydrogen) atoms. The number of hydrogen-bond donors (Lipinski definition) is 4. The average Bonchev–Trinajstić information content (AvgIpc) is 3.50. The van der Waals surface area contributed by atoms with E-state index in [1.54, 1.807) is 24.3 Å². The van der Waals surface area contributed by atoms with E-state index in [0.717, 1.165) is 16.0 Å². The maximum absolute atomic E-state index is 13.4. The van der Waals surface area contributed by atoms with Crippen LogP contribution in [0.5, 0.6) is 0 Å². The van der Waals surface area contributed by atoms with Crippen molar-refractivity contribution in [2.75, 3.05) is 6.54 Å². The molecule has 1 atom stereocenters. The molecule has 0 aliphatic carbocycles. The SMILES string of the molecule is [C-]#[N+]NC(N)=NCCCC(NC(=O)c1ccc(C(c2ccccc2)c2ccccc2)s1)C(=O)NS(=O)(=O)c1ccccc1. The maximum Gasteiger partial charge on any atom is 0.264 e. The molecule has 0 bridgehead atoms. The van der Waals surface area contributed by atoms with Crippen LogP contribution in [0.25, 0.3) is 4.95 Å². The Morgan fingerprint density at radius 1 is 0.884 bits per heavy atom. The van der Waals surface area contributed by atoms with Crippen LogP contribution in [0.3, 0.4) is 0 Å². The van der Waals surface area contributed by atoms with Crippen LogP contribution >= 0.6 is 11.3 Å². The summed E-state index contributed by atoms with van der Waals surface area (Å²) in [7, 11) is -4.16. The Labute approximate surface area is 254 Å². The number of thiophene rings is 1. The smallest absolute Gasteiger partial charge is 0.264 e. The first-order valence-electron chi connectivity index (χ1n) is 13.3. The zero-order valence-electron chi connectivity index (χ0n) is 23.0. The standard InChI is InChI=1S/C31H30N6O4S2/c1-33-36-31(32)34-21-11-18-25(29(38)37-43(40,41)24-16-9-4-10-17-24)35-30(39)27-20-19-26(42-27)28(22-12-5-2-6-13-22)23-14-7-3-8-15-23/h2-10,12-17,19-20,25,28H,11,18,21H2,(H,35,39)(H,37,38)(H3,32,34,36). The van der Waals surface area contributed by atoms with Crippen molar-refractivity contribution < 1.29 is 18.0 Å². The Kier molecular flexibility index (Phi) is 10.6. The van der Waals surface area contributed by atoms with Gasteiger partial charge in [-0.15, -0.1) is 11.3 Å². The van der Waals surface area contributed by atoms with Gasteiger partial charge in [0.05, 0.1) is 9.77 Å². The number of guanidine groups is 1. The average molecular weight is 615 g/mol. The second kappa shape index (κ2) is 14.8. The van der Waals surface area contributed by atoms with Gasteiger partial charge in [0.1, 0.15) is 6.04 Å². The van der Waals surface area contributed by atoms with E-state index in [4.69, 9.17) is 12.3 Å². The molecule has 1 unspecified atom stereocenters. The van der Waals surface area contributed by atoms with Crippen molar-refractivity contribution in [3.05, 3.63) is 136 Å². The molecule has 0 aliphatic rings. The van der Waals surface area contributed by atoms with Crippen molar-refractivity contribution in [2.45, 2.75) is 29.7 Å². The van der Waals surface area contributed by atoms with Crippen LogP contribution in [0, 0.1) is 6.57 Å². The first-order chi connectivity index (χ1) is 20.8. The summed E-state index contributed by atoms with van der Waals surface area (Å²) in [5.74, 6) is -1.57. The van der Waals surface area contributed by atoms with E-state index >= 15 is 0 Å². The molecule has 10 nitrogen and oxygen atoms in total. The van der Waals surface area contributed by atoms with Gasteiger partial charge < -0.3 is 11.1 Å². The predicted molar refractivity (Wildman–Crippen MR) is 167 cm³/mol. The third-order valence-electron chi connectivity index (χ3n) is 6.41. The van der Waals surface area contributed by atoms with Gasteiger partial charge in [-0.25, -0.2) is 18.1 Å². The minimum Gasteiger partial charge on any atom is -0.365 e. The lowest BCUT2D eigenvalue weighted by molar-refractivity contribution is -0.121. The fourth-order valence-electron chi connectivity index (χ4n) is 4.39. The van der Waals surface area contributed by atoms with Crippen molar-refractivity contribution in [2.24, 2.45) is 10.7 Å². The van der Waals surface area contributed by atoms with E-state index in [-0.39, 0.29) is 36.2 Å². The first-order valence-corrected chi connectivity index (χ1v) is 15.6. The lowest BCUT2D eigenvalue weighted by Crippen LogP contribution is -2.48. The normalized spacial score (nSPS) is 12.2. The maximum atomic E-state index is 13.4. The molecule has 0 saturated carbocycles. The van der Waals surface area contributed by atoms with Crippen LogP contribution in [0.4, 0.5) is 0 Å². The van der Waals surface area contributed by atoms with Crippen LogP contribution < -0.4 is 21.2 Å². The van der Waals surface area contributed by atoms with Crippen molar-refractivity contribution in [1.82, 2.24) is 15.5 Å². The van der Waals surface area contributed by atoms with E-state index < -0.39 is 27.9 Å². The van der Waals surface area contributed by atoms with Crippen LogP contribution in [-0.4, -0.2) is 38.8 Å². The highest BCUT2D eigenvalue weighted by Crippen LogP contribution is 2.36. The second-order valence-corrected chi connectivity index (χ2v) is 12.2. The zero-order chi connectivity index (χ0) is 30.7. The van der Waals surface area contributed by atoms with E-state index in [1.807, 2.05) is 66.7 Å². The van der Waals surface area contributed by atoms with E-state index in [9.17, 15) is 18.0 Å². The quantitative estimate of drug-likeness (QED) is 0.0623. The van der Waals surface area contributed by atoms with Gasteiger partial charge in [0, 0.05) is 17.3 Å². The van der Waals surface area contributed by atoms with Gasteiger partial charge in [-0.2, -0.15) is 11.5 Å². The molecule has 1 aromatic heterocycles. The lowest BCUT2D eigenvalue weighted by atomic mass is 9.90. The number of rotatable bonds is 12. The Morgan fingerprint density at radius 3 is 2.05 bits per heavy atom. The van der Waals surface area contributed by atoms with E-state index in [2.05, 4.69) is 25.4 Å². The summed E-state index contributed by atoms with van der Waals surface area (Å²) in [6.45, 7) is 6.92. The third-order valence-corrected chi connectivity index (χ3v) is 8.93. The topological polar surface area (TPSA) is 147 Å². The van der Waals surface area contributed by atoms with Crippen molar-refractivity contribution in [3.63, 3.8) is 0 Å². The van der Waals surface area contributed by atoms with E-state index in [0.29, 0.717) is 4.88 Å². The Morgan fingerprint density at radius 2 is 1.47 bits per heavy atom. The lowest BCUT2D eigenvalue weighted by Gasteiger charge is -2.18.